The molecule has 1 rings (SSSR count). The van der Waals surface area contributed by atoms with Gasteiger partial charge >= 0.3 is 5.97 Å². The van der Waals surface area contributed by atoms with Crippen molar-refractivity contribution < 1.29 is 19.4 Å². The first-order valence-electron chi connectivity index (χ1n) is 6.86. The van der Waals surface area contributed by atoms with E-state index in [0.717, 1.165) is 24.8 Å². The highest BCUT2D eigenvalue weighted by Gasteiger charge is 2.14. The quantitative estimate of drug-likeness (QED) is 0.678. The van der Waals surface area contributed by atoms with Crippen molar-refractivity contribution >= 4 is 5.97 Å². The lowest BCUT2D eigenvalue weighted by Gasteiger charge is -2.13. The normalized spacial score (nSPS) is 11.9. The molecule has 0 heterocycles. The van der Waals surface area contributed by atoms with Gasteiger partial charge in [0.1, 0.15) is 6.04 Å². The molecule has 0 aliphatic rings. The third-order valence-electron chi connectivity index (χ3n) is 3.01. The SMILES string of the molecule is CCCCCOc1ccc(CC(N)C(=O)O)cc1OC. The van der Waals surface area contributed by atoms with Crippen molar-refractivity contribution in [2.24, 2.45) is 5.73 Å². The highest BCUT2D eigenvalue weighted by atomic mass is 16.5. The average molecular weight is 281 g/mol. The summed E-state index contributed by atoms with van der Waals surface area (Å²) >= 11 is 0. The highest BCUT2D eigenvalue weighted by Crippen LogP contribution is 2.28. The van der Waals surface area contributed by atoms with E-state index in [4.69, 9.17) is 20.3 Å². The summed E-state index contributed by atoms with van der Waals surface area (Å²) in [7, 11) is 1.56. The van der Waals surface area contributed by atoms with E-state index < -0.39 is 12.0 Å². The van der Waals surface area contributed by atoms with E-state index in [1.54, 1.807) is 19.2 Å². The summed E-state index contributed by atoms with van der Waals surface area (Å²) in [6, 6.07) is 4.49. The number of rotatable bonds is 9. The molecule has 1 atom stereocenters. The van der Waals surface area contributed by atoms with Crippen LogP contribution in [0.1, 0.15) is 31.7 Å². The van der Waals surface area contributed by atoms with Crippen LogP contribution in [0, 0.1) is 0 Å². The molecule has 0 aliphatic heterocycles. The van der Waals surface area contributed by atoms with Crippen LogP contribution in [-0.4, -0.2) is 30.8 Å². The molecule has 0 fully saturated rings. The summed E-state index contributed by atoms with van der Waals surface area (Å²) in [5.74, 6) is 0.275. The fourth-order valence-corrected chi connectivity index (χ4v) is 1.83. The Kier molecular flexibility index (Phi) is 6.87. The number of hydrogen-bond donors (Lipinski definition) is 2. The fourth-order valence-electron chi connectivity index (χ4n) is 1.83. The van der Waals surface area contributed by atoms with E-state index in [1.165, 1.54) is 0 Å². The van der Waals surface area contributed by atoms with Crippen LogP contribution < -0.4 is 15.2 Å². The molecule has 0 spiro atoms. The molecule has 0 saturated carbocycles. The number of methoxy groups -OCH3 is 1. The number of aliphatic carboxylic acids is 1. The van der Waals surface area contributed by atoms with E-state index in [9.17, 15) is 4.79 Å². The van der Waals surface area contributed by atoms with Gasteiger partial charge in [0.25, 0.3) is 0 Å². The zero-order valence-corrected chi connectivity index (χ0v) is 12.1. The maximum atomic E-state index is 10.7. The highest BCUT2D eigenvalue weighted by molar-refractivity contribution is 5.73. The van der Waals surface area contributed by atoms with Crippen molar-refractivity contribution in [1.29, 1.82) is 0 Å². The Hall–Kier alpha value is -1.75. The predicted octanol–water partition coefficient (Wildman–Crippen LogP) is 2.22. The third-order valence-corrected chi connectivity index (χ3v) is 3.01. The monoisotopic (exact) mass is 281 g/mol. The molecule has 1 aromatic carbocycles. The molecule has 5 nitrogen and oxygen atoms in total. The number of carboxylic acid groups (broad SMARTS) is 1. The van der Waals surface area contributed by atoms with Crippen LogP contribution in [0.5, 0.6) is 11.5 Å². The Morgan fingerprint density at radius 3 is 2.70 bits per heavy atom. The van der Waals surface area contributed by atoms with Crippen molar-refractivity contribution in [3.05, 3.63) is 23.8 Å². The molecule has 0 amide bonds. The van der Waals surface area contributed by atoms with E-state index in [-0.39, 0.29) is 6.42 Å². The number of ether oxygens (including phenoxy) is 2. The van der Waals surface area contributed by atoms with Crippen LogP contribution in [0.4, 0.5) is 0 Å². The Morgan fingerprint density at radius 2 is 2.10 bits per heavy atom. The van der Waals surface area contributed by atoms with Crippen LogP contribution in [0.2, 0.25) is 0 Å². The first-order valence-corrected chi connectivity index (χ1v) is 6.86. The lowest BCUT2D eigenvalue weighted by molar-refractivity contribution is -0.138. The van der Waals surface area contributed by atoms with E-state index in [0.29, 0.717) is 18.1 Å². The maximum Gasteiger partial charge on any atom is 0.320 e. The minimum atomic E-state index is -1.01. The molecule has 0 saturated heterocycles. The van der Waals surface area contributed by atoms with Crippen molar-refractivity contribution in [1.82, 2.24) is 0 Å². The van der Waals surface area contributed by atoms with Gasteiger partial charge in [-0.15, -0.1) is 0 Å². The maximum absolute atomic E-state index is 10.7. The first-order chi connectivity index (χ1) is 9.58. The number of unbranched alkanes of at least 4 members (excludes halogenated alkanes) is 2. The summed E-state index contributed by atoms with van der Waals surface area (Å²) in [4.78, 5) is 10.7. The first kappa shape index (κ1) is 16.3. The predicted molar refractivity (Wildman–Crippen MR) is 77.3 cm³/mol. The average Bonchev–Trinajstić information content (AvgIpc) is 2.44. The molecule has 5 heteroatoms. The molecular formula is C15H23NO4. The van der Waals surface area contributed by atoms with Gasteiger partial charge in [0, 0.05) is 0 Å². The van der Waals surface area contributed by atoms with Crippen LogP contribution >= 0.6 is 0 Å². The van der Waals surface area contributed by atoms with Gasteiger partial charge in [0.15, 0.2) is 11.5 Å². The topological polar surface area (TPSA) is 81.8 Å². The molecule has 0 bridgehead atoms. The standard InChI is InChI=1S/C15H23NO4/c1-3-4-5-8-20-13-7-6-11(10-14(13)19-2)9-12(16)15(17)18/h6-7,10,12H,3-5,8-9,16H2,1-2H3,(H,17,18). The Labute approximate surface area is 119 Å². The number of carbonyl (C=O) groups is 1. The zero-order valence-electron chi connectivity index (χ0n) is 12.1. The van der Waals surface area contributed by atoms with Gasteiger partial charge in [-0.3, -0.25) is 4.79 Å². The van der Waals surface area contributed by atoms with E-state index in [2.05, 4.69) is 6.92 Å². The molecule has 0 aromatic heterocycles. The minimum Gasteiger partial charge on any atom is -0.493 e. The summed E-state index contributed by atoms with van der Waals surface area (Å²) in [6.45, 7) is 2.79. The Bertz CT molecular complexity index is 434. The van der Waals surface area contributed by atoms with Crippen molar-refractivity contribution in [2.45, 2.75) is 38.6 Å². The number of hydrogen-bond acceptors (Lipinski definition) is 4. The molecule has 1 aromatic rings. The fraction of sp³-hybridized carbons (Fsp3) is 0.533. The molecule has 20 heavy (non-hydrogen) atoms. The third kappa shape index (κ3) is 5.09. The number of benzene rings is 1. The van der Waals surface area contributed by atoms with Gasteiger partial charge in [0.2, 0.25) is 0 Å². The van der Waals surface area contributed by atoms with Gasteiger partial charge in [0.05, 0.1) is 13.7 Å². The van der Waals surface area contributed by atoms with E-state index in [1.807, 2.05) is 6.07 Å². The Morgan fingerprint density at radius 1 is 1.35 bits per heavy atom. The van der Waals surface area contributed by atoms with Crippen molar-refractivity contribution in [3.63, 3.8) is 0 Å². The van der Waals surface area contributed by atoms with Crippen LogP contribution in [0.25, 0.3) is 0 Å². The van der Waals surface area contributed by atoms with Crippen LogP contribution in [0.3, 0.4) is 0 Å². The number of carboxylic acids is 1. The second-order valence-electron chi connectivity index (χ2n) is 4.69. The van der Waals surface area contributed by atoms with Crippen molar-refractivity contribution in [3.8, 4) is 11.5 Å². The lowest BCUT2D eigenvalue weighted by atomic mass is 10.1. The van der Waals surface area contributed by atoms with Crippen molar-refractivity contribution in [2.75, 3.05) is 13.7 Å². The van der Waals surface area contributed by atoms with Gasteiger partial charge in [-0.1, -0.05) is 25.8 Å². The van der Waals surface area contributed by atoms with Gasteiger partial charge in [-0.25, -0.2) is 0 Å². The Balaban J connectivity index is 2.67. The largest absolute Gasteiger partial charge is 0.493 e. The molecule has 3 N–H and O–H groups in total. The molecular weight excluding hydrogens is 258 g/mol. The summed E-state index contributed by atoms with van der Waals surface area (Å²) in [5, 5.41) is 8.81. The second-order valence-corrected chi connectivity index (χ2v) is 4.69. The van der Waals surface area contributed by atoms with Gasteiger partial charge < -0.3 is 20.3 Å². The summed E-state index contributed by atoms with van der Waals surface area (Å²) in [5.41, 5.74) is 6.34. The summed E-state index contributed by atoms with van der Waals surface area (Å²) < 4.78 is 10.9. The minimum absolute atomic E-state index is 0.266. The number of nitrogens with two attached hydrogens (primary N) is 1. The molecule has 1 unspecified atom stereocenters. The zero-order chi connectivity index (χ0) is 15.0. The lowest BCUT2D eigenvalue weighted by Crippen LogP contribution is -2.32. The van der Waals surface area contributed by atoms with Gasteiger partial charge in [-0.2, -0.15) is 0 Å². The molecule has 0 aliphatic carbocycles. The van der Waals surface area contributed by atoms with Gasteiger partial charge in [-0.05, 0) is 30.5 Å². The van der Waals surface area contributed by atoms with Crippen LogP contribution in [-0.2, 0) is 11.2 Å². The second kappa shape index (κ2) is 8.43. The smallest absolute Gasteiger partial charge is 0.320 e. The summed E-state index contributed by atoms with van der Waals surface area (Å²) in [6.07, 6.45) is 3.55. The molecule has 0 radical (unpaired) electrons. The molecule has 112 valence electrons. The van der Waals surface area contributed by atoms with Crippen LogP contribution in [0.15, 0.2) is 18.2 Å². The van der Waals surface area contributed by atoms with E-state index >= 15 is 0 Å².